The maximum absolute atomic E-state index is 13.4. The molecule has 0 saturated carbocycles. The van der Waals surface area contributed by atoms with Crippen molar-refractivity contribution in [3.8, 4) is 5.75 Å². The van der Waals surface area contributed by atoms with Crippen LogP contribution in [0, 0.1) is 12.7 Å². The Balaban J connectivity index is 2.24. The molecule has 1 unspecified atom stereocenters. The minimum Gasteiger partial charge on any atom is -0.496 e. The molecule has 0 aliphatic heterocycles. The number of aryl methyl sites for hydroxylation is 1. The predicted octanol–water partition coefficient (Wildman–Crippen LogP) is 4.07. The lowest BCUT2D eigenvalue weighted by molar-refractivity contribution is 0.178. The molecule has 1 N–H and O–H groups in total. The van der Waals surface area contributed by atoms with Gasteiger partial charge in [0.2, 0.25) is 0 Å². The quantitative estimate of drug-likeness (QED) is 0.921. The number of aliphatic hydroxyl groups excluding tert-OH is 1. The third-order valence-corrected chi connectivity index (χ3v) is 3.69. The number of hydrogen-bond donors (Lipinski definition) is 1. The number of benzene rings is 2. The van der Waals surface area contributed by atoms with Crippen molar-refractivity contribution < 1.29 is 14.2 Å². The summed E-state index contributed by atoms with van der Waals surface area (Å²) in [4.78, 5) is 0. The monoisotopic (exact) mass is 294 g/mol. The average molecular weight is 295 g/mol. The second-order valence-electron chi connectivity index (χ2n) is 4.66. The van der Waals surface area contributed by atoms with Crippen LogP contribution in [0.3, 0.4) is 0 Å². The lowest BCUT2D eigenvalue weighted by Gasteiger charge is -2.14. The molecular weight excluding hydrogens is 279 g/mol. The van der Waals surface area contributed by atoms with Crippen molar-refractivity contribution in [2.45, 2.75) is 19.4 Å². The van der Waals surface area contributed by atoms with Crippen molar-refractivity contribution >= 4 is 11.6 Å². The first kappa shape index (κ1) is 14.8. The Bertz CT molecular complexity index is 613. The van der Waals surface area contributed by atoms with E-state index in [2.05, 4.69) is 0 Å². The van der Waals surface area contributed by atoms with Crippen molar-refractivity contribution in [3.63, 3.8) is 0 Å². The lowest BCUT2D eigenvalue weighted by atomic mass is 10.00. The molecule has 0 saturated heterocycles. The Morgan fingerprint density at radius 2 is 2.05 bits per heavy atom. The minimum absolute atomic E-state index is 0.0608. The molecule has 0 aliphatic rings. The molecule has 0 aromatic heterocycles. The lowest BCUT2D eigenvalue weighted by Crippen LogP contribution is -2.03. The molecule has 106 valence electrons. The number of hydrogen-bond acceptors (Lipinski definition) is 2. The summed E-state index contributed by atoms with van der Waals surface area (Å²) in [6.45, 7) is 1.93. The molecule has 0 bridgehead atoms. The molecule has 2 rings (SSSR count). The van der Waals surface area contributed by atoms with Gasteiger partial charge in [0.1, 0.15) is 11.6 Å². The van der Waals surface area contributed by atoms with Gasteiger partial charge in [0.25, 0.3) is 0 Å². The number of ether oxygens (including phenoxy) is 1. The fourth-order valence-corrected chi connectivity index (χ4v) is 2.28. The molecule has 0 radical (unpaired) electrons. The van der Waals surface area contributed by atoms with Crippen molar-refractivity contribution in [3.05, 3.63) is 63.9 Å². The highest BCUT2D eigenvalue weighted by atomic mass is 35.5. The molecule has 0 fully saturated rings. The average Bonchev–Trinajstić information content (AvgIpc) is 2.44. The Kier molecular flexibility index (Phi) is 4.63. The van der Waals surface area contributed by atoms with Gasteiger partial charge in [-0.2, -0.15) is 0 Å². The fraction of sp³-hybridized carbons (Fsp3) is 0.250. The van der Waals surface area contributed by atoms with Crippen LogP contribution in [0.1, 0.15) is 22.8 Å². The summed E-state index contributed by atoms with van der Waals surface area (Å²) >= 11 is 5.90. The third-order valence-electron chi connectivity index (χ3n) is 3.26. The molecule has 2 aromatic rings. The van der Waals surface area contributed by atoms with Gasteiger partial charge in [0, 0.05) is 6.42 Å². The summed E-state index contributed by atoms with van der Waals surface area (Å²) in [6.07, 6.45) is -0.508. The topological polar surface area (TPSA) is 29.5 Å². The summed E-state index contributed by atoms with van der Waals surface area (Å²) in [6, 6.07) is 10.1. The first-order valence-electron chi connectivity index (χ1n) is 6.28. The number of methoxy groups -OCH3 is 1. The van der Waals surface area contributed by atoms with Gasteiger partial charge in [-0.15, -0.1) is 0 Å². The van der Waals surface area contributed by atoms with Crippen molar-refractivity contribution in [2.24, 2.45) is 0 Å². The van der Waals surface area contributed by atoms with Gasteiger partial charge in [-0.05, 0) is 35.7 Å². The Morgan fingerprint density at radius 3 is 2.75 bits per heavy atom. The van der Waals surface area contributed by atoms with Gasteiger partial charge in [-0.3, -0.25) is 0 Å². The van der Waals surface area contributed by atoms with E-state index in [1.165, 1.54) is 6.07 Å². The number of aliphatic hydroxyl groups is 1. The Hall–Kier alpha value is -1.58. The smallest absolute Gasteiger partial charge is 0.142 e. The molecule has 2 aromatic carbocycles. The van der Waals surface area contributed by atoms with Gasteiger partial charge >= 0.3 is 0 Å². The van der Waals surface area contributed by atoms with Gasteiger partial charge < -0.3 is 9.84 Å². The van der Waals surface area contributed by atoms with E-state index >= 15 is 0 Å². The Labute approximate surface area is 122 Å². The predicted molar refractivity (Wildman–Crippen MR) is 77.8 cm³/mol. The zero-order valence-corrected chi connectivity index (χ0v) is 12.1. The molecule has 1 atom stereocenters. The molecule has 0 aliphatic carbocycles. The molecule has 4 heteroatoms. The summed E-state index contributed by atoms with van der Waals surface area (Å²) in [5.41, 5.74) is 2.29. The normalized spacial score (nSPS) is 12.2. The fourth-order valence-electron chi connectivity index (χ4n) is 2.08. The van der Waals surface area contributed by atoms with E-state index in [-0.39, 0.29) is 11.4 Å². The van der Waals surface area contributed by atoms with Gasteiger partial charge in [-0.25, -0.2) is 4.39 Å². The summed E-state index contributed by atoms with van der Waals surface area (Å²) in [7, 11) is 1.59. The van der Waals surface area contributed by atoms with Crippen LogP contribution in [0.5, 0.6) is 5.75 Å². The molecule has 0 amide bonds. The SMILES string of the molecule is COc1cc(C(O)Cc2cccc(F)c2Cl)ccc1C. The van der Waals surface area contributed by atoms with Crippen LogP contribution in [0.2, 0.25) is 5.02 Å². The van der Waals surface area contributed by atoms with Crippen LogP contribution < -0.4 is 4.74 Å². The van der Waals surface area contributed by atoms with E-state index < -0.39 is 11.9 Å². The second kappa shape index (κ2) is 6.25. The highest BCUT2D eigenvalue weighted by Gasteiger charge is 2.14. The van der Waals surface area contributed by atoms with E-state index in [0.717, 1.165) is 5.56 Å². The zero-order valence-electron chi connectivity index (χ0n) is 11.4. The minimum atomic E-state index is -0.760. The highest BCUT2D eigenvalue weighted by molar-refractivity contribution is 6.31. The summed E-state index contributed by atoms with van der Waals surface area (Å²) in [5.74, 6) is 0.241. The largest absolute Gasteiger partial charge is 0.496 e. The maximum atomic E-state index is 13.4. The first-order chi connectivity index (χ1) is 9.52. The van der Waals surface area contributed by atoms with Crippen LogP contribution in [-0.2, 0) is 6.42 Å². The van der Waals surface area contributed by atoms with Crippen molar-refractivity contribution in [1.29, 1.82) is 0 Å². The van der Waals surface area contributed by atoms with Crippen LogP contribution in [0.25, 0.3) is 0 Å². The Morgan fingerprint density at radius 1 is 1.30 bits per heavy atom. The molecule has 2 nitrogen and oxygen atoms in total. The van der Waals surface area contributed by atoms with Crippen LogP contribution in [-0.4, -0.2) is 12.2 Å². The van der Waals surface area contributed by atoms with E-state index in [0.29, 0.717) is 16.9 Å². The maximum Gasteiger partial charge on any atom is 0.142 e. The van der Waals surface area contributed by atoms with Gasteiger partial charge in [-0.1, -0.05) is 35.9 Å². The van der Waals surface area contributed by atoms with E-state index in [1.807, 2.05) is 19.1 Å². The van der Waals surface area contributed by atoms with Crippen LogP contribution in [0.15, 0.2) is 36.4 Å². The molecule has 20 heavy (non-hydrogen) atoms. The van der Waals surface area contributed by atoms with Crippen LogP contribution >= 0.6 is 11.6 Å². The number of rotatable bonds is 4. The summed E-state index contributed by atoms with van der Waals surface area (Å²) in [5, 5.41) is 10.3. The molecular formula is C16H16ClFO2. The van der Waals surface area contributed by atoms with Gasteiger partial charge in [0.05, 0.1) is 18.2 Å². The third kappa shape index (κ3) is 3.11. The molecule has 0 spiro atoms. The molecule has 0 heterocycles. The first-order valence-corrected chi connectivity index (χ1v) is 6.66. The van der Waals surface area contributed by atoms with Crippen LogP contribution in [0.4, 0.5) is 4.39 Å². The zero-order chi connectivity index (χ0) is 14.7. The second-order valence-corrected chi connectivity index (χ2v) is 5.04. The van der Waals surface area contributed by atoms with E-state index in [4.69, 9.17) is 16.3 Å². The van der Waals surface area contributed by atoms with Crippen molar-refractivity contribution in [1.82, 2.24) is 0 Å². The van der Waals surface area contributed by atoms with Crippen molar-refractivity contribution in [2.75, 3.05) is 7.11 Å². The standard InChI is InChI=1S/C16H16ClFO2/c1-10-6-7-11(9-15(10)20-2)14(19)8-12-4-3-5-13(18)16(12)17/h3-7,9,14,19H,8H2,1-2H3. The number of halogens is 2. The van der Waals surface area contributed by atoms with Gasteiger partial charge in [0.15, 0.2) is 0 Å². The highest BCUT2D eigenvalue weighted by Crippen LogP contribution is 2.28. The van der Waals surface area contributed by atoms with E-state index in [1.54, 1.807) is 25.3 Å². The summed E-state index contributed by atoms with van der Waals surface area (Å²) < 4.78 is 18.6. The van der Waals surface area contributed by atoms with E-state index in [9.17, 15) is 9.50 Å².